The van der Waals surface area contributed by atoms with Gasteiger partial charge in [-0.3, -0.25) is 9.59 Å². The van der Waals surface area contributed by atoms with Crippen LogP contribution in [0.5, 0.6) is 5.75 Å². The van der Waals surface area contributed by atoms with Crippen molar-refractivity contribution in [2.75, 3.05) is 13.7 Å². The number of methoxy groups -OCH3 is 1. The molecule has 0 saturated heterocycles. The molecule has 2 amide bonds. The summed E-state index contributed by atoms with van der Waals surface area (Å²) in [6.45, 7) is 0.395. The van der Waals surface area contributed by atoms with Gasteiger partial charge in [0.25, 0.3) is 21.8 Å². The SMILES string of the molecule is COc1ccc(CCNC(=O)c2ccc(S(=O)(=O)NC(=O)c3ccc(C(=O)OC4CCCCC4)nc3)cc2)cc1. The van der Waals surface area contributed by atoms with Gasteiger partial charge in [-0.25, -0.2) is 22.9 Å². The van der Waals surface area contributed by atoms with E-state index in [1.54, 1.807) is 7.11 Å². The van der Waals surface area contributed by atoms with Crippen molar-refractivity contribution in [2.24, 2.45) is 0 Å². The monoisotopic (exact) mass is 565 g/mol. The molecule has 0 spiro atoms. The standard InChI is InChI=1S/C29H31N3O7S/c1-38-23-12-7-20(8-13-23)17-18-30-27(33)21-9-14-25(15-10-21)40(36,37)32-28(34)22-11-16-26(31-19-22)29(35)39-24-5-3-2-4-6-24/h7-16,19,24H,2-6,17-18H2,1H3,(H,30,33)(H,32,34). The van der Waals surface area contributed by atoms with Gasteiger partial charge in [0, 0.05) is 18.3 Å². The maximum Gasteiger partial charge on any atom is 0.357 e. The number of esters is 1. The van der Waals surface area contributed by atoms with Crippen molar-refractivity contribution in [2.45, 2.75) is 49.5 Å². The van der Waals surface area contributed by atoms with Crippen LogP contribution in [0.1, 0.15) is 68.9 Å². The number of hydrogen-bond acceptors (Lipinski definition) is 8. The van der Waals surface area contributed by atoms with E-state index in [-0.39, 0.29) is 33.7 Å². The average molecular weight is 566 g/mol. The Labute approximate surface area is 233 Å². The molecule has 2 N–H and O–H groups in total. The lowest BCUT2D eigenvalue weighted by Crippen LogP contribution is -2.31. The first-order valence-electron chi connectivity index (χ1n) is 13.0. The van der Waals surface area contributed by atoms with E-state index in [0.717, 1.165) is 49.6 Å². The molecule has 1 saturated carbocycles. The topological polar surface area (TPSA) is 141 Å². The number of nitrogens with zero attached hydrogens (tertiary/aromatic N) is 1. The number of hydrogen-bond donors (Lipinski definition) is 2. The quantitative estimate of drug-likeness (QED) is 0.355. The molecule has 0 radical (unpaired) electrons. The Balaban J connectivity index is 1.29. The number of amides is 2. The Morgan fingerprint density at radius 2 is 1.55 bits per heavy atom. The van der Waals surface area contributed by atoms with Crippen LogP contribution in [-0.2, 0) is 21.2 Å². The van der Waals surface area contributed by atoms with Crippen molar-refractivity contribution in [1.82, 2.24) is 15.0 Å². The van der Waals surface area contributed by atoms with Crippen molar-refractivity contribution in [3.8, 4) is 5.75 Å². The molecule has 11 heteroatoms. The highest BCUT2D eigenvalue weighted by Gasteiger charge is 2.22. The van der Waals surface area contributed by atoms with Crippen LogP contribution in [0.15, 0.2) is 71.8 Å². The maximum atomic E-state index is 12.7. The summed E-state index contributed by atoms with van der Waals surface area (Å²) in [7, 11) is -2.62. The van der Waals surface area contributed by atoms with E-state index in [4.69, 9.17) is 9.47 Å². The van der Waals surface area contributed by atoms with Gasteiger partial charge >= 0.3 is 5.97 Å². The largest absolute Gasteiger partial charge is 0.497 e. The van der Waals surface area contributed by atoms with Crippen LogP contribution in [0, 0.1) is 0 Å². The second-order valence-corrected chi connectivity index (χ2v) is 11.1. The molecule has 0 bridgehead atoms. The third-order valence-corrected chi connectivity index (χ3v) is 7.92. The molecule has 0 aliphatic heterocycles. The van der Waals surface area contributed by atoms with Gasteiger partial charge in [0.1, 0.15) is 17.5 Å². The third-order valence-electron chi connectivity index (χ3n) is 6.57. The van der Waals surface area contributed by atoms with Crippen LogP contribution >= 0.6 is 0 Å². The minimum atomic E-state index is -4.22. The molecule has 1 heterocycles. The summed E-state index contributed by atoms with van der Waals surface area (Å²) >= 11 is 0. The van der Waals surface area contributed by atoms with Gasteiger partial charge in [-0.05, 0) is 86.2 Å². The highest BCUT2D eigenvalue weighted by molar-refractivity contribution is 7.90. The Kier molecular flexibility index (Phi) is 9.49. The van der Waals surface area contributed by atoms with Gasteiger partial charge in [0.15, 0.2) is 0 Å². The van der Waals surface area contributed by atoms with Gasteiger partial charge in [-0.2, -0.15) is 0 Å². The molecule has 40 heavy (non-hydrogen) atoms. The number of carbonyl (C=O) groups excluding carboxylic acids is 3. The minimum Gasteiger partial charge on any atom is -0.497 e. The number of sulfonamides is 1. The Hall–Kier alpha value is -4.25. The number of nitrogens with one attached hydrogen (secondary N) is 2. The summed E-state index contributed by atoms with van der Waals surface area (Å²) in [6, 6.07) is 15.4. The number of pyridine rings is 1. The van der Waals surface area contributed by atoms with Crippen molar-refractivity contribution in [3.63, 3.8) is 0 Å². The predicted octanol–water partition coefficient (Wildman–Crippen LogP) is 3.67. The second kappa shape index (κ2) is 13.2. The maximum absolute atomic E-state index is 12.7. The molecule has 3 aromatic rings. The highest BCUT2D eigenvalue weighted by Crippen LogP contribution is 2.21. The first kappa shape index (κ1) is 28.8. The first-order valence-corrected chi connectivity index (χ1v) is 14.5. The van der Waals surface area contributed by atoms with E-state index in [1.165, 1.54) is 36.4 Å². The van der Waals surface area contributed by atoms with E-state index in [0.29, 0.717) is 13.0 Å². The zero-order valence-electron chi connectivity index (χ0n) is 22.1. The molecular weight excluding hydrogens is 534 g/mol. The molecule has 210 valence electrons. The molecule has 1 aliphatic rings. The van der Waals surface area contributed by atoms with Crippen molar-refractivity contribution in [1.29, 1.82) is 0 Å². The van der Waals surface area contributed by atoms with E-state index in [1.807, 2.05) is 29.0 Å². The van der Waals surface area contributed by atoms with Gasteiger partial charge in [0.05, 0.1) is 17.6 Å². The lowest BCUT2D eigenvalue weighted by atomic mass is 9.98. The molecule has 2 aromatic carbocycles. The average Bonchev–Trinajstić information content (AvgIpc) is 2.98. The fraction of sp³-hybridized carbons (Fsp3) is 0.310. The summed E-state index contributed by atoms with van der Waals surface area (Å²) < 4.78 is 38.0. The fourth-order valence-electron chi connectivity index (χ4n) is 4.28. The third kappa shape index (κ3) is 7.66. The molecule has 10 nitrogen and oxygen atoms in total. The van der Waals surface area contributed by atoms with E-state index < -0.39 is 21.9 Å². The molecule has 1 fully saturated rings. The minimum absolute atomic E-state index is 0.0364. The molecular formula is C29H31N3O7S. The molecule has 1 aliphatic carbocycles. The van der Waals surface area contributed by atoms with E-state index in [2.05, 4.69) is 10.3 Å². The van der Waals surface area contributed by atoms with Gasteiger partial charge in [-0.15, -0.1) is 0 Å². The fourth-order valence-corrected chi connectivity index (χ4v) is 5.26. The van der Waals surface area contributed by atoms with Crippen LogP contribution in [-0.4, -0.2) is 50.9 Å². The molecule has 4 rings (SSSR count). The van der Waals surface area contributed by atoms with E-state index >= 15 is 0 Å². The molecule has 0 unspecified atom stereocenters. The smallest absolute Gasteiger partial charge is 0.357 e. The van der Waals surface area contributed by atoms with Gasteiger partial charge < -0.3 is 14.8 Å². The van der Waals surface area contributed by atoms with Crippen LogP contribution < -0.4 is 14.8 Å². The number of carbonyl (C=O) groups is 3. The van der Waals surface area contributed by atoms with Crippen LogP contribution in [0.3, 0.4) is 0 Å². The van der Waals surface area contributed by atoms with Crippen LogP contribution in [0.2, 0.25) is 0 Å². The number of ether oxygens (including phenoxy) is 2. The Morgan fingerprint density at radius 1 is 0.875 bits per heavy atom. The van der Waals surface area contributed by atoms with Crippen LogP contribution in [0.25, 0.3) is 0 Å². The Bertz CT molecular complexity index is 1430. The highest BCUT2D eigenvalue weighted by atomic mass is 32.2. The number of rotatable bonds is 10. The normalized spacial score (nSPS) is 13.7. The van der Waals surface area contributed by atoms with Crippen molar-refractivity contribution >= 4 is 27.8 Å². The number of aromatic nitrogens is 1. The van der Waals surface area contributed by atoms with Crippen molar-refractivity contribution in [3.05, 3.63) is 89.2 Å². The molecule has 1 aromatic heterocycles. The first-order chi connectivity index (χ1) is 19.2. The summed E-state index contributed by atoms with van der Waals surface area (Å²) in [5.41, 5.74) is 1.32. The predicted molar refractivity (Wildman–Crippen MR) is 147 cm³/mol. The summed E-state index contributed by atoms with van der Waals surface area (Å²) in [5.74, 6) is -1.08. The van der Waals surface area contributed by atoms with E-state index in [9.17, 15) is 22.8 Å². The zero-order valence-corrected chi connectivity index (χ0v) is 22.9. The summed E-state index contributed by atoms with van der Waals surface area (Å²) in [5, 5.41) is 2.79. The number of benzene rings is 2. The van der Waals surface area contributed by atoms with Gasteiger partial charge in [0.2, 0.25) is 0 Å². The van der Waals surface area contributed by atoms with Crippen molar-refractivity contribution < 1.29 is 32.3 Å². The second-order valence-electron chi connectivity index (χ2n) is 9.41. The lowest BCUT2D eigenvalue weighted by Gasteiger charge is -2.21. The summed E-state index contributed by atoms with van der Waals surface area (Å²) in [4.78, 5) is 41.1. The lowest BCUT2D eigenvalue weighted by molar-refractivity contribution is 0.0204. The van der Waals surface area contributed by atoms with Crippen LogP contribution in [0.4, 0.5) is 0 Å². The molecule has 0 atom stereocenters. The summed E-state index contributed by atoms with van der Waals surface area (Å²) in [6.07, 6.45) is 6.41. The van der Waals surface area contributed by atoms with Gasteiger partial charge in [-0.1, -0.05) is 18.6 Å². The Morgan fingerprint density at radius 3 is 2.17 bits per heavy atom. The zero-order chi connectivity index (χ0) is 28.5.